The predicted octanol–water partition coefficient (Wildman–Crippen LogP) is 1.76. The predicted molar refractivity (Wildman–Crippen MR) is 70.6 cm³/mol. The van der Waals surface area contributed by atoms with Crippen molar-refractivity contribution in [3.8, 4) is 0 Å². The maximum atomic E-state index is 11.6. The van der Waals surface area contributed by atoms with E-state index in [1.165, 1.54) is 12.2 Å². The third-order valence-corrected chi connectivity index (χ3v) is 4.89. The molecule has 0 aromatic carbocycles. The lowest BCUT2D eigenvalue weighted by Crippen LogP contribution is -2.56. The summed E-state index contributed by atoms with van der Waals surface area (Å²) in [6.45, 7) is 2.20. The van der Waals surface area contributed by atoms with Gasteiger partial charge in [0.2, 0.25) is 5.91 Å². The van der Waals surface area contributed by atoms with E-state index in [0.29, 0.717) is 5.92 Å². The molecule has 94 valence electrons. The molecular weight excluding hydrogens is 220 g/mol. The molecule has 4 heteroatoms. The summed E-state index contributed by atoms with van der Waals surface area (Å²) in [7, 11) is 1.86. The number of primary amides is 1. The lowest BCUT2D eigenvalue weighted by molar-refractivity contribution is -0.125. The Hall–Kier alpha value is -0.220. The number of hydrogen-bond donors (Lipinski definition) is 2. The Kier molecular flexibility index (Phi) is 5.62. The van der Waals surface area contributed by atoms with Crippen molar-refractivity contribution in [2.75, 3.05) is 18.6 Å². The normalized spacial score (nSPS) is 29.5. The van der Waals surface area contributed by atoms with E-state index in [1.807, 2.05) is 18.8 Å². The molecule has 1 saturated carbocycles. The minimum absolute atomic E-state index is 0.169. The van der Waals surface area contributed by atoms with Crippen LogP contribution in [0.15, 0.2) is 0 Å². The molecule has 0 heterocycles. The first-order valence-corrected chi connectivity index (χ1v) is 7.39. The molecule has 1 amide bonds. The molecule has 3 nitrogen and oxygen atoms in total. The number of carbonyl (C=O) groups excluding carboxylic acids is 1. The van der Waals surface area contributed by atoms with E-state index in [-0.39, 0.29) is 5.91 Å². The first kappa shape index (κ1) is 13.8. The van der Waals surface area contributed by atoms with Gasteiger partial charge >= 0.3 is 0 Å². The molecular formula is C12H24N2OS. The third kappa shape index (κ3) is 2.92. The number of thioether (sulfide) groups is 1. The van der Waals surface area contributed by atoms with Crippen LogP contribution in [-0.2, 0) is 4.79 Å². The SMILES string of the molecule is CCCSCCC1CCCC1(NC)C(N)=O. The molecule has 3 N–H and O–H groups in total. The highest BCUT2D eigenvalue weighted by molar-refractivity contribution is 7.99. The molecule has 1 aliphatic carbocycles. The van der Waals surface area contributed by atoms with Crippen molar-refractivity contribution in [3.63, 3.8) is 0 Å². The monoisotopic (exact) mass is 244 g/mol. The van der Waals surface area contributed by atoms with Crippen LogP contribution >= 0.6 is 11.8 Å². The standard InChI is InChI=1S/C12H24N2OS/c1-3-8-16-9-6-10-5-4-7-12(10,14-2)11(13)15/h10,14H,3-9H2,1-2H3,(H2,13,15). The smallest absolute Gasteiger partial charge is 0.238 e. The largest absolute Gasteiger partial charge is 0.368 e. The highest BCUT2D eigenvalue weighted by Gasteiger charge is 2.45. The Morgan fingerprint density at radius 3 is 2.88 bits per heavy atom. The second-order valence-corrected chi connectivity index (χ2v) is 5.80. The summed E-state index contributed by atoms with van der Waals surface area (Å²) in [5.41, 5.74) is 5.13. The zero-order chi connectivity index (χ0) is 12.0. The summed E-state index contributed by atoms with van der Waals surface area (Å²) < 4.78 is 0. The highest BCUT2D eigenvalue weighted by Crippen LogP contribution is 2.38. The minimum Gasteiger partial charge on any atom is -0.368 e. The third-order valence-electron chi connectivity index (χ3n) is 3.67. The van der Waals surface area contributed by atoms with Gasteiger partial charge in [0.05, 0.1) is 0 Å². The van der Waals surface area contributed by atoms with Crippen molar-refractivity contribution in [2.45, 2.75) is 44.6 Å². The van der Waals surface area contributed by atoms with E-state index < -0.39 is 5.54 Å². The number of hydrogen-bond acceptors (Lipinski definition) is 3. The number of amides is 1. The first-order chi connectivity index (χ1) is 7.67. The lowest BCUT2D eigenvalue weighted by Gasteiger charge is -2.32. The van der Waals surface area contributed by atoms with E-state index in [1.54, 1.807) is 0 Å². The second kappa shape index (κ2) is 6.50. The average molecular weight is 244 g/mol. The fraction of sp³-hybridized carbons (Fsp3) is 0.917. The molecule has 1 fully saturated rings. The zero-order valence-corrected chi connectivity index (χ0v) is 11.2. The van der Waals surface area contributed by atoms with Crippen LogP contribution in [-0.4, -0.2) is 30.0 Å². The van der Waals surface area contributed by atoms with Crippen molar-refractivity contribution in [3.05, 3.63) is 0 Å². The molecule has 1 aliphatic rings. The van der Waals surface area contributed by atoms with Gasteiger partial charge < -0.3 is 11.1 Å². The molecule has 0 aromatic heterocycles. The maximum absolute atomic E-state index is 11.6. The number of rotatable bonds is 7. The Labute approximate surface area is 103 Å². The molecule has 1 rings (SSSR count). The fourth-order valence-corrected chi connectivity index (χ4v) is 3.66. The van der Waals surface area contributed by atoms with Gasteiger partial charge in [0, 0.05) is 0 Å². The highest BCUT2D eigenvalue weighted by atomic mass is 32.2. The molecule has 2 unspecified atom stereocenters. The van der Waals surface area contributed by atoms with Crippen LogP contribution in [0.1, 0.15) is 39.0 Å². The lowest BCUT2D eigenvalue weighted by atomic mass is 9.84. The van der Waals surface area contributed by atoms with Crippen LogP contribution in [0.2, 0.25) is 0 Å². The summed E-state index contributed by atoms with van der Waals surface area (Å²) >= 11 is 1.98. The van der Waals surface area contributed by atoms with Crippen molar-refractivity contribution in [2.24, 2.45) is 11.7 Å². The Bertz CT molecular complexity index is 235. The van der Waals surface area contributed by atoms with E-state index in [4.69, 9.17) is 5.73 Å². The van der Waals surface area contributed by atoms with Crippen molar-refractivity contribution in [1.29, 1.82) is 0 Å². The minimum atomic E-state index is -0.424. The van der Waals surface area contributed by atoms with E-state index in [0.717, 1.165) is 31.4 Å². The molecule has 0 aliphatic heterocycles. The first-order valence-electron chi connectivity index (χ1n) is 6.24. The summed E-state index contributed by atoms with van der Waals surface area (Å²) in [6.07, 6.45) is 5.49. The van der Waals surface area contributed by atoms with Crippen molar-refractivity contribution < 1.29 is 4.79 Å². The van der Waals surface area contributed by atoms with Crippen LogP contribution < -0.4 is 11.1 Å². The Morgan fingerprint density at radius 1 is 1.56 bits per heavy atom. The Morgan fingerprint density at radius 2 is 2.31 bits per heavy atom. The number of nitrogens with two attached hydrogens (primary N) is 1. The van der Waals surface area contributed by atoms with Crippen LogP contribution in [0.3, 0.4) is 0 Å². The van der Waals surface area contributed by atoms with Crippen LogP contribution in [0.5, 0.6) is 0 Å². The zero-order valence-electron chi connectivity index (χ0n) is 10.4. The maximum Gasteiger partial charge on any atom is 0.238 e. The molecule has 0 radical (unpaired) electrons. The number of likely N-dealkylation sites (N-methyl/N-ethyl adjacent to an activating group) is 1. The summed E-state index contributed by atoms with van der Waals surface area (Å²) in [4.78, 5) is 11.6. The molecule has 16 heavy (non-hydrogen) atoms. The summed E-state index contributed by atoms with van der Waals surface area (Å²) in [6, 6.07) is 0. The van der Waals surface area contributed by atoms with Gasteiger partial charge in [-0.25, -0.2) is 0 Å². The van der Waals surface area contributed by atoms with Crippen LogP contribution in [0, 0.1) is 5.92 Å². The number of carbonyl (C=O) groups is 1. The molecule has 2 atom stereocenters. The molecule has 0 bridgehead atoms. The van der Waals surface area contributed by atoms with Crippen molar-refractivity contribution >= 4 is 17.7 Å². The quantitative estimate of drug-likeness (QED) is 0.671. The fourth-order valence-electron chi connectivity index (χ4n) is 2.72. The van der Waals surface area contributed by atoms with Gasteiger partial charge in [0.1, 0.15) is 5.54 Å². The van der Waals surface area contributed by atoms with Gasteiger partial charge in [0.15, 0.2) is 0 Å². The summed E-state index contributed by atoms with van der Waals surface area (Å²) in [5, 5.41) is 3.18. The van der Waals surface area contributed by atoms with Gasteiger partial charge in [0.25, 0.3) is 0 Å². The van der Waals surface area contributed by atoms with Crippen LogP contribution in [0.25, 0.3) is 0 Å². The molecule has 0 aromatic rings. The van der Waals surface area contributed by atoms with Gasteiger partial charge in [-0.3, -0.25) is 4.79 Å². The van der Waals surface area contributed by atoms with Gasteiger partial charge in [-0.1, -0.05) is 13.3 Å². The number of nitrogens with one attached hydrogen (secondary N) is 1. The van der Waals surface area contributed by atoms with Gasteiger partial charge in [-0.15, -0.1) is 0 Å². The van der Waals surface area contributed by atoms with Gasteiger partial charge in [-0.05, 0) is 50.2 Å². The van der Waals surface area contributed by atoms with E-state index in [9.17, 15) is 4.79 Å². The second-order valence-electron chi connectivity index (χ2n) is 4.58. The summed E-state index contributed by atoms with van der Waals surface area (Å²) in [5.74, 6) is 2.63. The molecule has 0 spiro atoms. The average Bonchev–Trinajstić information content (AvgIpc) is 2.68. The topological polar surface area (TPSA) is 55.1 Å². The van der Waals surface area contributed by atoms with Crippen molar-refractivity contribution in [1.82, 2.24) is 5.32 Å². The van der Waals surface area contributed by atoms with E-state index in [2.05, 4.69) is 12.2 Å². The van der Waals surface area contributed by atoms with Gasteiger partial charge in [-0.2, -0.15) is 11.8 Å². The molecule has 0 saturated heterocycles. The Balaban J connectivity index is 2.47. The van der Waals surface area contributed by atoms with E-state index >= 15 is 0 Å². The van der Waals surface area contributed by atoms with Crippen LogP contribution in [0.4, 0.5) is 0 Å².